The van der Waals surface area contributed by atoms with Gasteiger partial charge in [0.05, 0.1) is 0 Å². The van der Waals surface area contributed by atoms with E-state index in [2.05, 4.69) is 27.0 Å². The maximum absolute atomic E-state index is 5.46. The molecule has 0 atom stereocenters. The largest absolute Gasteiger partial charge is 0.368 e. The summed E-state index contributed by atoms with van der Waals surface area (Å²) in [4.78, 5) is 6.26. The molecule has 1 heterocycles. The van der Waals surface area contributed by atoms with Crippen LogP contribution in [0.2, 0.25) is 0 Å². The van der Waals surface area contributed by atoms with Gasteiger partial charge >= 0.3 is 0 Å². The van der Waals surface area contributed by atoms with E-state index in [4.69, 9.17) is 5.73 Å². The van der Waals surface area contributed by atoms with Gasteiger partial charge < -0.3 is 10.6 Å². The molecule has 1 fully saturated rings. The fraction of sp³-hybridized carbons (Fsp3) is 0.750. The molecule has 0 radical (unpaired) electrons. The minimum absolute atomic E-state index is 0.393. The van der Waals surface area contributed by atoms with Crippen molar-refractivity contribution in [1.29, 1.82) is 0 Å². The second-order valence-corrected chi connectivity index (χ2v) is 3.50. The molecule has 3 N–H and O–H groups in total. The number of nitrogens with two attached hydrogens (primary N) is 1. The van der Waals surface area contributed by atoms with Crippen molar-refractivity contribution in [1.82, 2.24) is 15.2 Å². The highest BCUT2D eigenvalue weighted by Crippen LogP contribution is 2.30. The summed E-state index contributed by atoms with van der Waals surface area (Å²) >= 11 is 0. The number of nitrogens with one attached hydrogen (secondary N) is 1. The Balaban J connectivity index is 2.01. The zero-order valence-electron chi connectivity index (χ0n) is 7.82. The third-order valence-corrected chi connectivity index (χ3v) is 2.33. The minimum atomic E-state index is 0.393. The molecule has 1 aromatic rings. The van der Waals surface area contributed by atoms with Gasteiger partial charge in [0.25, 0.3) is 0 Å². The van der Waals surface area contributed by atoms with Crippen molar-refractivity contribution in [2.45, 2.75) is 19.8 Å². The van der Waals surface area contributed by atoms with Gasteiger partial charge in [-0.3, -0.25) is 0 Å². The molecule has 0 saturated heterocycles. The SMILES string of the molecule is CCN(CC1CC1)c1n[nH]c(N)n1. The summed E-state index contributed by atoms with van der Waals surface area (Å²) in [5, 5.41) is 6.68. The summed E-state index contributed by atoms with van der Waals surface area (Å²) < 4.78 is 0. The zero-order chi connectivity index (χ0) is 9.26. The first-order valence-electron chi connectivity index (χ1n) is 4.72. The molecule has 1 saturated carbocycles. The Hall–Kier alpha value is -1.26. The molecule has 0 bridgehead atoms. The van der Waals surface area contributed by atoms with Crippen LogP contribution >= 0.6 is 0 Å². The van der Waals surface area contributed by atoms with Crippen LogP contribution in [-0.4, -0.2) is 28.3 Å². The van der Waals surface area contributed by atoms with E-state index in [1.54, 1.807) is 0 Å². The Morgan fingerprint density at radius 3 is 2.85 bits per heavy atom. The fourth-order valence-corrected chi connectivity index (χ4v) is 1.37. The van der Waals surface area contributed by atoms with Crippen LogP contribution in [0.4, 0.5) is 11.9 Å². The van der Waals surface area contributed by atoms with Crippen LogP contribution < -0.4 is 10.6 Å². The topological polar surface area (TPSA) is 70.8 Å². The van der Waals surface area contributed by atoms with Crippen molar-refractivity contribution in [3.05, 3.63) is 0 Å². The molecular weight excluding hydrogens is 166 g/mol. The summed E-state index contributed by atoms with van der Waals surface area (Å²) in [7, 11) is 0. The Morgan fingerprint density at radius 1 is 1.62 bits per heavy atom. The second-order valence-electron chi connectivity index (χ2n) is 3.50. The maximum atomic E-state index is 5.46. The van der Waals surface area contributed by atoms with Gasteiger partial charge in [0.1, 0.15) is 0 Å². The zero-order valence-corrected chi connectivity index (χ0v) is 7.82. The summed E-state index contributed by atoms with van der Waals surface area (Å²) in [6, 6.07) is 0. The second kappa shape index (κ2) is 3.24. The third kappa shape index (κ3) is 1.91. The van der Waals surface area contributed by atoms with E-state index in [1.165, 1.54) is 12.8 Å². The van der Waals surface area contributed by atoms with Crippen molar-refractivity contribution in [2.75, 3.05) is 23.7 Å². The van der Waals surface area contributed by atoms with Gasteiger partial charge in [-0.25, -0.2) is 5.10 Å². The van der Waals surface area contributed by atoms with Crippen LogP contribution in [0.25, 0.3) is 0 Å². The summed E-state index contributed by atoms with van der Waals surface area (Å²) in [5.41, 5.74) is 5.46. The lowest BCUT2D eigenvalue weighted by Crippen LogP contribution is -2.26. The smallest absolute Gasteiger partial charge is 0.246 e. The molecule has 0 amide bonds. The minimum Gasteiger partial charge on any atom is -0.368 e. The van der Waals surface area contributed by atoms with Crippen LogP contribution in [-0.2, 0) is 0 Å². The molecule has 0 spiro atoms. The number of H-pyrrole nitrogens is 1. The van der Waals surface area contributed by atoms with Gasteiger partial charge in [-0.15, -0.1) is 5.10 Å². The van der Waals surface area contributed by atoms with Crippen molar-refractivity contribution >= 4 is 11.9 Å². The monoisotopic (exact) mass is 181 g/mol. The molecular formula is C8H15N5. The Bertz CT molecular complexity index is 278. The van der Waals surface area contributed by atoms with E-state index in [0.717, 1.165) is 25.0 Å². The number of nitrogen functional groups attached to an aromatic ring is 1. The molecule has 5 nitrogen and oxygen atoms in total. The van der Waals surface area contributed by atoms with Crippen LogP contribution in [0, 0.1) is 5.92 Å². The van der Waals surface area contributed by atoms with Crippen molar-refractivity contribution < 1.29 is 0 Å². The van der Waals surface area contributed by atoms with Gasteiger partial charge in [-0.1, -0.05) is 0 Å². The van der Waals surface area contributed by atoms with Crippen LogP contribution in [0.5, 0.6) is 0 Å². The summed E-state index contributed by atoms with van der Waals surface area (Å²) in [6.45, 7) is 4.11. The number of anilines is 2. The molecule has 0 unspecified atom stereocenters. The fourth-order valence-electron chi connectivity index (χ4n) is 1.37. The molecule has 0 aromatic carbocycles. The Labute approximate surface area is 77.3 Å². The van der Waals surface area contributed by atoms with Crippen molar-refractivity contribution in [3.8, 4) is 0 Å². The van der Waals surface area contributed by atoms with Gasteiger partial charge in [0.15, 0.2) is 0 Å². The summed E-state index contributed by atoms with van der Waals surface area (Å²) in [6.07, 6.45) is 2.69. The lowest BCUT2D eigenvalue weighted by atomic mass is 10.4. The van der Waals surface area contributed by atoms with Gasteiger partial charge in [-0.05, 0) is 25.7 Å². The number of nitrogens with zero attached hydrogens (tertiary/aromatic N) is 3. The van der Waals surface area contributed by atoms with Gasteiger partial charge in [0.2, 0.25) is 11.9 Å². The van der Waals surface area contributed by atoms with Crippen LogP contribution in [0.15, 0.2) is 0 Å². The predicted octanol–water partition coefficient (Wildman–Crippen LogP) is 0.623. The lowest BCUT2D eigenvalue weighted by Gasteiger charge is -2.17. The number of rotatable bonds is 4. The molecule has 1 aromatic heterocycles. The number of aromatic amines is 1. The molecule has 1 aliphatic rings. The van der Waals surface area contributed by atoms with E-state index in [1.807, 2.05) is 0 Å². The molecule has 0 aliphatic heterocycles. The highest BCUT2D eigenvalue weighted by Gasteiger charge is 2.25. The van der Waals surface area contributed by atoms with Crippen LogP contribution in [0.3, 0.4) is 0 Å². The number of hydrogen-bond donors (Lipinski definition) is 2. The first-order valence-corrected chi connectivity index (χ1v) is 4.72. The highest BCUT2D eigenvalue weighted by molar-refractivity contribution is 5.33. The van der Waals surface area contributed by atoms with Gasteiger partial charge in [0, 0.05) is 13.1 Å². The maximum Gasteiger partial charge on any atom is 0.246 e. The number of aromatic nitrogens is 3. The average molecular weight is 181 g/mol. The molecule has 1 aliphatic carbocycles. The van der Waals surface area contributed by atoms with E-state index in [-0.39, 0.29) is 0 Å². The van der Waals surface area contributed by atoms with Crippen molar-refractivity contribution in [3.63, 3.8) is 0 Å². The normalized spacial score (nSPS) is 16.1. The quantitative estimate of drug-likeness (QED) is 0.714. The standard InChI is InChI=1S/C8H15N5/c1-2-13(5-6-3-4-6)8-10-7(9)11-12-8/h6H,2-5H2,1H3,(H3,9,10,11,12). The van der Waals surface area contributed by atoms with E-state index >= 15 is 0 Å². The first-order chi connectivity index (χ1) is 6.29. The van der Waals surface area contributed by atoms with Gasteiger partial charge in [-0.2, -0.15) is 4.98 Å². The first kappa shape index (κ1) is 8.34. The molecule has 2 rings (SSSR count). The predicted molar refractivity (Wildman–Crippen MR) is 51.4 cm³/mol. The van der Waals surface area contributed by atoms with E-state index in [9.17, 15) is 0 Å². The molecule has 5 heteroatoms. The summed E-state index contributed by atoms with van der Waals surface area (Å²) in [5.74, 6) is 1.97. The molecule has 72 valence electrons. The Morgan fingerprint density at radius 2 is 2.38 bits per heavy atom. The van der Waals surface area contributed by atoms with Crippen LogP contribution in [0.1, 0.15) is 19.8 Å². The van der Waals surface area contributed by atoms with E-state index < -0.39 is 0 Å². The Kier molecular flexibility index (Phi) is 2.08. The van der Waals surface area contributed by atoms with Crippen molar-refractivity contribution in [2.24, 2.45) is 5.92 Å². The molecule has 13 heavy (non-hydrogen) atoms. The third-order valence-electron chi connectivity index (χ3n) is 2.33. The van der Waals surface area contributed by atoms with E-state index in [0.29, 0.717) is 5.95 Å². The number of hydrogen-bond acceptors (Lipinski definition) is 4. The lowest BCUT2D eigenvalue weighted by molar-refractivity contribution is 0.721. The highest BCUT2D eigenvalue weighted by atomic mass is 15.4. The average Bonchev–Trinajstić information content (AvgIpc) is 2.84.